The SMILES string of the molecule is CCOCCCNC(=S)NCc1cccc2cccnc12. The number of thiocarbonyl (C=S) groups is 1. The van der Waals surface area contributed by atoms with Crippen LogP contribution in [0.15, 0.2) is 36.5 Å². The van der Waals surface area contributed by atoms with Crippen LogP contribution in [0.4, 0.5) is 0 Å². The molecule has 4 nitrogen and oxygen atoms in total. The molecule has 0 aliphatic rings. The Hall–Kier alpha value is -1.72. The Labute approximate surface area is 130 Å². The van der Waals surface area contributed by atoms with E-state index in [1.54, 1.807) is 0 Å². The van der Waals surface area contributed by atoms with Crippen LogP contribution < -0.4 is 10.6 Å². The predicted octanol–water partition coefficient (Wildman–Crippen LogP) is 2.63. The van der Waals surface area contributed by atoms with E-state index < -0.39 is 0 Å². The first-order valence-corrected chi connectivity index (χ1v) is 7.64. The third kappa shape index (κ3) is 4.95. The molecule has 1 aromatic carbocycles. The number of nitrogens with one attached hydrogen (secondary N) is 2. The number of ether oxygens (including phenoxy) is 1. The molecule has 21 heavy (non-hydrogen) atoms. The third-order valence-electron chi connectivity index (χ3n) is 3.11. The molecule has 2 aromatic rings. The quantitative estimate of drug-likeness (QED) is 0.608. The fourth-order valence-electron chi connectivity index (χ4n) is 2.07. The molecule has 112 valence electrons. The first-order chi connectivity index (χ1) is 10.3. The van der Waals surface area contributed by atoms with Gasteiger partial charge in [-0.25, -0.2) is 0 Å². The molecule has 0 unspecified atom stereocenters. The Balaban J connectivity index is 1.80. The van der Waals surface area contributed by atoms with E-state index in [2.05, 4.69) is 33.8 Å². The van der Waals surface area contributed by atoms with Gasteiger partial charge in [-0.05, 0) is 37.2 Å². The summed E-state index contributed by atoms with van der Waals surface area (Å²) in [5.41, 5.74) is 2.17. The molecule has 0 aliphatic carbocycles. The number of fused-ring (bicyclic) bond motifs is 1. The average Bonchev–Trinajstić information content (AvgIpc) is 2.52. The van der Waals surface area contributed by atoms with Crippen molar-refractivity contribution in [3.05, 3.63) is 42.1 Å². The second kappa shape index (κ2) is 8.54. The smallest absolute Gasteiger partial charge is 0.166 e. The van der Waals surface area contributed by atoms with Crippen LogP contribution in [0.5, 0.6) is 0 Å². The van der Waals surface area contributed by atoms with E-state index in [0.29, 0.717) is 11.7 Å². The van der Waals surface area contributed by atoms with E-state index in [1.807, 2.05) is 25.3 Å². The standard InChI is InChI=1S/C16H21N3OS/c1-2-20-11-5-10-18-16(21)19-12-14-7-3-6-13-8-4-9-17-15(13)14/h3-4,6-9H,2,5,10-12H2,1H3,(H2,18,19,21). The minimum atomic E-state index is 0.666. The van der Waals surface area contributed by atoms with Crippen molar-refractivity contribution >= 4 is 28.2 Å². The molecule has 0 aliphatic heterocycles. The highest BCUT2D eigenvalue weighted by molar-refractivity contribution is 7.80. The molecule has 1 heterocycles. The normalized spacial score (nSPS) is 10.5. The summed E-state index contributed by atoms with van der Waals surface area (Å²) in [6, 6.07) is 10.2. The van der Waals surface area contributed by atoms with Crippen molar-refractivity contribution in [2.24, 2.45) is 0 Å². The highest BCUT2D eigenvalue weighted by Crippen LogP contribution is 2.15. The van der Waals surface area contributed by atoms with E-state index in [9.17, 15) is 0 Å². The van der Waals surface area contributed by atoms with Crippen LogP contribution >= 0.6 is 12.2 Å². The number of hydrogen-bond donors (Lipinski definition) is 2. The van der Waals surface area contributed by atoms with Gasteiger partial charge in [0.05, 0.1) is 5.52 Å². The molecule has 0 spiro atoms. The maximum atomic E-state index is 5.28. The van der Waals surface area contributed by atoms with Crippen LogP contribution in [0.2, 0.25) is 0 Å². The summed E-state index contributed by atoms with van der Waals surface area (Å²) in [5, 5.41) is 8.21. The van der Waals surface area contributed by atoms with Crippen LogP contribution in [0.1, 0.15) is 18.9 Å². The highest BCUT2D eigenvalue weighted by Gasteiger charge is 2.02. The number of pyridine rings is 1. The molecule has 0 saturated heterocycles. The molecule has 0 saturated carbocycles. The summed E-state index contributed by atoms with van der Waals surface area (Å²) in [6.07, 6.45) is 2.77. The Morgan fingerprint density at radius 2 is 2.10 bits per heavy atom. The summed E-state index contributed by atoms with van der Waals surface area (Å²) < 4.78 is 5.28. The van der Waals surface area contributed by atoms with Gasteiger partial charge in [-0.15, -0.1) is 0 Å². The minimum Gasteiger partial charge on any atom is -0.382 e. The first-order valence-electron chi connectivity index (χ1n) is 7.23. The molecule has 1 aromatic heterocycles. The summed E-state index contributed by atoms with van der Waals surface area (Å²) in [4.78, 5) is 4.43. The van der Waals surface area contributed by atoms with Gasteiger partial charge in [0.15, 0.2) is 5.11 Å². The zero-order valence-electron chi connectivity index (χ0n) is 12.3. The molecule has 0 radical (unpaired) electrons. The van der Waals surface area contributed by atoms with Crippen LogP contribution in [-0.2, 0) is 11.3 Å². The number of para-hydroxylation sites is 1. The zero-order valence-corrected chi connectivity index (χ0v) is 13.1. The van der Waals surface area contributed by atoms with Crippen LogP contribution in [0.25, 0.3) is 10.9 Å². The lowest BCUT2D eigenvalue weighted by Gasteiger charge is -2.11. The van der Waals surface area contributed by atoms with Crippen LogP contribution in [0.3, 0.4) is 0 Å². The fraction of sp³-hybridized carbons (Fsp3) is 0.375. The van der Waals surface area contributed by atoms with Gasteiger partial charge in [0.1, 0.15) is 0 Å². The molecule has 0 bridgehead atoms. The van der Waals surface area contributed by atoms with Gasteiger partial charge in [-0.2, -0.15) is 0 Å². The van der Waals surface area contributed by atoms with Gasteiger partial charge >= 0.3 is 0 Å². The van der Waals surface area contributed by atoms with Gasteiger partial charge in [0, 0.05) is 37.9 Å². The van der Waals surface area contributed by atoms with Crippen molar-refractivity contribution in [2.75, 3.05) is 19.8 Å². The number of hydrogen-bond acceptors (Lipinski definition) is 3. The van der Waals surface area contributed by atoms with Gasteiger partial charge in [0.2, 0.25) is 0 Å². The Bertz CT molecular complexity index is 583. The average molecular weight is 303 g/mol. The fourth-order valence-corrected chi connectivity index (χ4v) is 2.24. The largest absolute Gasteiger partial charge is 0.382 e. The van der Waals surface area contributed by atoms with Gasteiger partial charge in [-0.1, -0.05) is 24.3 Å². The van der Waals surface area contributed by atoms with Crippen molar-refractivity contribution < 1.29 is 4.74 Å². The molecular weight excluding hydrogens is 282 g/mol. The second-order valence-electron chi connectivity index (χ2n) is 4.65. The number of benzene rings is 1. The molecular formula is C16H21N3OS. The lowest BCUT2D eigenvalue weighted by molar-refractivity contribution is 0.145. The monoisotopic (exact) mass is 303 g/mol. The first kappa shape index (κ1) is 15.7. The van der Waals surface area contributed by atoms with Crippen molar-refractivity contribution in [1.29, 1.82) is 0 Å². The van der Waals surface area contributed by atoms with E-state index >= 15 is 0 Å². The summed E-state index contributed by atoms with van der Waals surface area (Å²) in [7, 11) is 0. The second-order valence-corrected chi connectivity index (χ2v) is 5.06. The van der Waals surface area contributed by atoms with Crippen molar-refractivity contribution in [1.82, 2.24) is 15.6 Å². The topological polar surface area (TPSA) is 46.2 Å². The van der Waals surface area contributed by atoms with Gasteiger partial charge in [-0.3, -0.25) is 4.98 Å². The minimum absolute atomic E-state index is 0.666. The molecule has 2 rings (SSSR count). The van der Waals surface area contributed by atoms with Gasteiger partial charge < -0.3 is 15.4 Å². The zero-order chi connectivity index (χ0) is 14.9. The third-order valence-corrected chi connectivity index (χ3v) is 3.40. The Morgan fingerprint density at radius 3 is 2.95 bits per heavy atom. The Morgan fingerprint density at radius 1 is 1.24 bits per heavy atom. The molecule has 5 heteroatoms. The number of rotatable bonds is 7. The summed E-state index contributed by atoms with van der Waals surface area (Å²) >= 11 is 5.27. The van der Waals surface area contributed by atoms with E-state index in [-0.39, 0.29) is 0 Å². The van der Waals surface area contributed by atoms with E-state index in [4.69, 9.17) is 17.0 Å². The van der Waals surface area contributed by atoms with Gasteiger partial charge in [0.25, 0.3) is 0 Å². The summed E-state index contributed by atoms with van der Waals surface area (Å²) in [5.74, 6) is 0. The molecule has 0 atom stereocenters. The molecule has 0 fully saturated rings. The molecule has 2 N–H and O–H groups in total. The highest BCUT2D eigenvalue weighted by atomic mass is 32.1. The van der Waals surface area contributed by atoms with Crippen LogP contribution in [-0.4, -0.2) is 29.9 Å². The van der Waals surface area contributed by atoms with Crippen molar-refractivity contribution in [3.8, 4) is 0 Å². The van der Waals surface area contributed by atoms with Crippen molar-refractivity contribution in [2.45, 2.75) is 19.9 Å². The molecule has 0 amide bonds. The van der Waals surface area contributed by atoms with E-state index in [1.165, 1.54) is 0 Å². The maximum Gasteiger partial charge on any atom is 0.166 e. The Kier molecular flexibility index (Phi) is 6.37. The number of aromatic nitrogens is 1. The van der Waals surface area contributed by atoms with Crippen molar-refractivity contribution in [3.63, 3.8) is 0 Å². The van der Waals surface area contributed by atoms with Crippen LogP contribution in [0, 0.1) is 0 Å². The van der Waals surface area contributed by atoms with E-state index in [0.717, 1.165) is 42.6 Å². The maximum absolute atomic E-state index is 5.28. The summed E-state index contributed by atoms with van der Waals surface area (Å²) in [6.45, 7) is 5.01. The lowest BCUT2D eigenvalue weighted by atomic mass is 10.1. The lowest BCUT2D eigenvalue weighted by Crippen LogP contribution is -2.35. The predicted molar refractivity (Wildman–Crippen MR) is 90.3 cm³/mol. The number of nitrogens with zero attached hydrogens (tertiary/aromatic N) is 1.